The molecular weight excluding hydrogens is 246 g/mol. The minimum absolute atomic E-state index is 0.00691. The van der Waals surface area contributed by atoms with Crippen LogP contribution >= 0.6 is 0 Å². The largest absolute Gasteiger partial charge is 0.443 e. The Kier molecular flexibility index (Phi) is 4.96. The summed E-state index contributed by atoms with van der Waals surface area (Å²) in [5.41, 5.74) is -0.624. The number of aliphatic hydroxyl groups excluding tert-OH is 1. The van der Waals surface area contributed by atoms with Crippen LogP contribution in [0.4, 0.5) is 4.79 Å². The first kappa shape index (κ1) is 16.0. The number of carbonyl (C=O) groups is 2. The Balaban J connectivity index is 2.76. The third kappa shape index (κ3) is 4.20. The predicted octanol–water partition coefficient (Wildman–Crippen LogP) is 2.18. The number of imide groups is 1. The van der Waals surface area contributed by atoms with Gasteiger partial charge in [-0.1, -0.05) is 13.8 Å². The fourth-order valence-electron chi connectivity index (χ4n) is 2.18. The van der Waals surface area contributed by atoms with Crippen LogP contribution in [0.3, 0.4) is 0 Å². The summed E-state index contributed by atoms with van der Waals surface area (Å²) in [6, 6.07) is 0. The summed E-state index contributed by atoms with van der Waals surface area (Å²) >= 11 is 0. The van der Waals surface area contributed by atoms with Crippen molar-refractivity contribution in [1.82, 2.24) is 4.90 Å². The van der Waals surface area contributed by atoms with Gasteiger partial charge >= 0.3 is 6.09 Å². The van der Waals surface area contributed by atoms with E-state index in [0.717, 1.165) is 4.90 Å². The van der Waals surface area contributed by atoms with Crippen molar-refractivity contribution in [3.63, 3.8) is 0 Å². The molecule has 1 heterocycles. The topological polar surface area (TPSA) is 66.8 Å². The molecule has 0 bridgehead atoms. The third-order valence-electron chi connectivity index (χ3n) is 3.19. The highest BCUT2D eigenvalue weighted by Crippen LogP contribution is 2.26. The SMILES string of the molecule is CC(C)C(O)C1CCCN(C(=O)OC(C)(C)C)C1=O. The molecular formula is C14H25NO4. The maximum atomic E-state index is 12.3. The highest BCUT2D eigenvalue weighted by atomic mass is 16.6. The number of rotatable bonds is 2. The molecule has 0 aromatic heterocycles. The first-order chi connectivity index (χ1) is 8.63. The van der Waals surface area contributed by atoms with E-state index in [1.165, 1.54) is 0 Å². The van der Waals surface area contributed by atoms with E-state index in [9.17, 15) is 14.7 Å². The smallest absolute Gasteiger partial charge is 0.417 e. The van der Waals surface area contributed by atoms with Crippen molar-refractivity contribution in [3.05, 3.63) is 0 Å². The number of ether oxygens (including phenoxy) is 1. The highest BCUT2D eigenvalue weighted by molar-refractivity contribution is 5.94. The average Bonchev–Trinajstić information content (AvgIpc) is 2.25. The molecule has 0 saturated carbocycles. The van der Waals surface area contributed by atoms with E-state index in [2.05, 4.69) is 0 Å². The molecule has 19 heavy (non-hydrogen) atoms. The van der Waals surface area contributed by atoms with Gasteiger partial charge < -0.3 is 9.84 Å². The van der Waals surface area contributed by atoms with E-state index in [1.807, 2.05) is 13.8 Å². The lowest BCUT2D eigenvalue weighted by Crippen LogP contribution is -2.50. The summed E-state index contributed by atoms with van der Waals surface area (Å²) in [6.45, 7) is 9.39. The van der Waals surface area contributed by atoms with E-state index in [1.54, 1.807) is 20.8 Å². The Hall–Kier alpha value is -1.10. The molecule has 1 rings (SSSR count). The van der Waals surface area contributed by atoms with Gasteiger partial charge in [0.1, 0.15) is 5.60 Å². The van der Waals surface area contributed by atoms with Gasteiger partial charge in [-0.25, -0.2) is 9.69 Å². The molecule has 5 nitrogen and oxygen atoms in total. The standard InChI is InChI=1S/C14H25NO4/c1-9(2)11(16)10-7-6-8-15(12(10)17)13(18)19-14(3,4)5/h9-11,16H,6-8H2,1-5H3. The molecule has 2 atom stereocenters. The van der Waals surface area contributed by atoms with Gasteiger partial charge in [-0.3, -0.25) is 4.79 Å². The summed E-state index contributed by atoms with van der Waals surface area (Å²) < 4.78 is 5.22. The second-order valence-corrected chi connectivity index (χ2v) is 6.45. The van der Waals surface area contributed by atoms with Gasteiger partial charge in [0.25, 0.3) is 0 Å². The lowest BCUT2D eigenvalue weighted by molar-refractivity contribution is -0.142. The number of nitrogens with zero attached hydrogens (tertiary/aromatic N) is 1. The van der Waals surface area contributed by atoms with Gasteiger partial charge in [-0.05, 0) is 39.5 Å². The fourth-order valence-corrected chi connectivity index (χ4v) is 2.18. The Morgan fingerprint density at radius 3 is 2.47 bits per heavy atom. The first-order valence-corrected chi connectivity index (χ1v) is 6.86. The monoisotopic (exact) mass is 271 g/mol. The van der Waals surface area contributed by atoms with Crippen LogP contribution in [0.15, 0.2) is 0 Å². The van der Waals surface area contributed by atoms with Crippen LogP contribution in [-0.2, 0) is 9.53 Å². The summed E-state index contributed by atoms with van der Waals surface area (Å²) in [4.78, 5) is 25.4. The first-order valence-electron chi connectivity index (χ1n) is 6.86. The molecule has 1 aliphatic rings. The van der Waals surface area contributed by atoms with Crippen molar-refractivity contribution in [1.29, 1.82) is 0 Å². The summed E-state index contributed by atoms with van der Waals surface area (Å²) in [7, 11) is 0. The summed E-state index contributed by atoms with van der Waals surface area (Å²) in [6.07, 6.45) is 0.00702. The third-order valence-corrected chi connectivity index (χ3v) is 3.19. The number of hydrogen-bond acceptors (Lipinski definition) is 4. The van der Waals surface area contributed by atoms with E-state index in [-0.39, 0.29) is 11.8 Å². The van der Waals surface area contributed by atoms with Gasteiger partial charge in [0.05, 0.1) is 12.0 Å². The van der Waals surface area contributed by atoms with E-state index < -0.39 is 23.7 Å². The Labute approximate surface area is 114 Å². The lowest BCUT2D eigenvalue weighted by Gasteiger charge is -2.35. The fraction of sp³-hybridized carbons (Fsp3) is 0.857. The quantitative estimate of drug-likeness (QED) is 0.836. The van der Waals surface area contributed by atoms with E-state index in [4.69, 9.17) is 4.74 Å². The molecule has 0 aliphatic carbocycles. The van der Waals surface area contributed by atoms with Crippen LogP contribution in [0.25, 0.3) is 0 Å². The van der Waals surface area contributed by atoms with Crippen LogP contribution in [-0.4, -0.2) is 40.3 Å². The number of piperidine rings is 1. The van der Waals surface area contributed by atoms with Crippen LogP contribution in [0.2, 0.25) is 0 Å². The van der Waals surface area contributed by atoms with Crippen LogP contribution in [0.1, 0.15) is 47.5 Å². The molecule has 5 heteroatoms. The normalized spacial score (nSPS) is 22.6. The van der Waals surface area contributed by atoms with Gasteiger partial charge in [-0.2, -0.15) is 0 Å². The molecule has 1 N–H and O–H groups in total. The van der Waals surface area contributed by atoms with Gasteiger partial charge in [0, 0.05) is 6.54 Å². The van der Waals surface area contributed by atoms with Crippen molar-refractivity contribution in [2.45, 2.75) is 59.2 Å². The molecule has 1 fully saturated rings. The summed E-state index contributed by atoms with van der Waals surface area (Å²) in [5.74, 6) is -0.824. The van der Waals surface area contributed by atoms with Crippen molar-refractivity contribution < 1.29 is 19.4 Å². The second kappa shape index (κ2) is 5.90. The minimum atomic E-state index is -0.710. The van der Waals surface area contributed by atoms with Crippen molar-refractivity contribution in [3.8, 4) is 0 Å². The Morgan fingerprint density at radius 2 is 2.00 bits per heavy atom. The maximum Gasteiger partial charge on any atom is 0.417 e. The predicted molar refractivity (Wildman–Crippen MR) is 71.5 cm³/mol. The van der Waals surface area contributed by atoms with Crippen LogP contribution < -0.4 is 0 Å². The molecule has 2 amide bonds. The summed E-state index contributed by atoms with van der Waals surface area (Å²) in [5, 5.41) is 10.1. The van der Waals surface area contributed by atoms with Crippen molar-refractivity contribution in [2.24, 2.45) is 11.8 Å². The molecule has 0 aromatic carbocycles. The molecule has 0 radical (unpaired) electrons. The zero-order valence-electron chi connectivity index (χ0n) is 12.5. The van der Waals surface area contributed by atoms with Crippen LogP contribution in [0, 0.1) is 11.8 Å². The molecule has 1 saturated heterocycles. The second-order valence-electron chi connectivity index (χ2n) is 6.45. The van der Waals surface area contributed by atoms with E-state index in [0.29, 0.717) is 19.4 Å². The number of carbonyl (C=O) groups excluding carboxylic acids is 2. The lowest BCUT2D eigenvalue weighted by atomic mass is 9.86. The number of amides is 2. The molecule has 0 aromatic rings. The van der Waals surface area contributed by atoms with Crippen molar-refractivity contribution in [2.75, 3.05) is 6.54 Å². The molecule has 2 unspecified atom stereocenters. The Morgan fingerprint density at radius 1 is 1.42 bits per heavy atom. The Bertz CT molecular complexity index is 346. The maximum absolute atomic E-state index is 12.3. The van der Waals surface area contributed by atoms with Crippen molar-refractivity contribution >= 4 is 12.0 Å². The minimum Gasteiger partial charge on any atom is -0.443 e. The molecule has 1 aliphatic heterocycles. The number of likely N-dealkylation sites (tertiary alicyclic amines) is 1. The average molecular weight is 271 g/mol. The van der Waals surface area contributed by atoms with Crippen LogP contribution in [0.5, 0.6) is 0 Å². The molecule has 0 spiro atoms. The van der Waals surface area contributed by atoms with E-state index >= 15 is 0 Å². The van der Waals surface area contributed by atoms with Gasteiger partial charge in [0.15, 0.2) is 0 Å². The zero-order valence-corrected chi connectivity index (χ0v) is 12.5. The zero-order chi connectivity index (χ0) is 14.8. The number of hydrogen-bond donors (Lipinski definition) is 1. The number of aliphatic hydroxyl groups is 1. The van der Waals surface area contributed by atoms with Gasteiger partial charge in [0.2, 0.25) is 5.91 Å². The highest BCUT2D eigenvalue weighted by Gasteiger charge is 2.39. The molecule has 110 valence electrons. The van der Waals surface area contributed by atoms with Gasteiger partial charge in [-0.15, -0.1) is 0 Å².